The molecule has 2 rings (SSSR count). The predicted molar refractivity (Wildman–Crippen MR) is 78.0 cm³/mol. The van der Waals surface area contributed by atoms with E-state index < -0.39 is 16.0 Å². The van der Waals surface area contributed by atoms with Gasteiger partial charge < -0.3 is 5.11 Å². The summed E-state index contributed by atoms with van der Waals surface area (Å²) in [6.45, 7) is 1.62. The number of pyridine rings is 1. The van der Waals surface area contributed by atoms with Gasteiger partial charge in [-0.3, -0.25) is 4.31 Å². The van der Waals surface area contributed by atoms with Gasteiger partial charge in [0.2, 0.25) is 0 Å². The Balaban J connectivity index is 2.54. The van der Waals surface area contributed by atoms with Gasteiger partial charge in [-0.1, -0.05) is 12.1 Å². The summed E-state index contributed by atoms with van der Waals surface area (Å²) < 4.78 is 26.3. The lowest BCUT2D eigenvalue weighted by Gasteiger charge is -2.19. The SMILES string of the molecule is Cc1ccc(C(=O)O)cc1S(=O)(=O)N(C)c1ccccn1. The predicted octanol–water partition coefficient (Wildman–Crippen LogP) is 1.91. The number of sulfonamides is 1. The van der Waals surface area contributed by atoms with Gasteiger partial charge >= 0.3 is 5.97 Å². The molecule has 0 spiro atoms. The topological polar surface area (TPSA) is 87.6 Å². The highest BCUT2D eigenvalue weighted by Crippen LogP contribution is 2.23. The fraction of sp³-hybridized carbons (Fsp3) is 0.143. The Morgan fingerprint density at radius 3 is 2.52 bits per heavy atom. The molecule has 0 fully saturated rings. The number of aromatic carboxylic acids is 1. The minimum absolute atomic E-state index is 0.0458. The van der Waals surface area contributed by atoms with Crippen molar-refractivity contribution in [1.29, 1.82) is 0 Å². The number of carboxylic acid groups (broad SMARTS) is 1. The van der Waals surface area contributed by atoms with E-state index in [1.54, 1.807) is 25.1 Å². The molecule has 110 valence electrons. The van der Waals surface area contributed by atoms with Crippen molar-refractivity contribution in [3.05, 3.63) is 53.7 Å². The molecular formula is C14H14N2O4S. The molecule has 0 aliphatic heterocycles. The summed E-state index contributed by atoms with van der Waals surface area (Å²) in [5, 5.41) is 9.00. The fourth-order valence-electron chi connectivity index (χ4n) is 1.82. The molecular weight excluding hydrogens is 292 g/mol. The lowest BCUT2D eigenvalue weighted by molar-refractivity contribution is 0.0696. The highest BCUT2D eigenvalue weighted by Gasteiger charge is 2.25. The maximum atomic E-state index is 12.6. The number of hydrogen-bond donors (Lipinski definition) is 1. The van der Waals surface area contributed by atoms with Crippen LogP contribution in [0.15, 0.2) is 47.5 Å². The van der Waals surface area contributed by atoms with E-state index in [0.717, 1.165) is 10.4 Å². The van der Waals surface area contributed by atoms with Crippen molar-refractivity contribution in [1.82, 2.24) is 4.98 Å². The molecule has 21 heavy (non-hydrogen) atoms. The van der Waals surface area contributed by atoms with Crippen LogP contribution in [0.5, 0.6) is 0 Å². The monoisotopic (exact) mass is 306 g/mol. The maximum Gasteiger partial charge on any atom is 0.335 e. The molecule has 7 heteroatoms. The molecule has 0 saturated heterocycles. The molecule has 0 atom stereocenters. The molecule has 2 aromatic rings. The van der Waals surface area contributed by atoms with E-state index in [2.05, 4.69) is 4.98 Å². The zero-order valence-corrected chi connectivity index (χ0v) is 12.3. The summed E-state index contributed by atoms with van der Waals surface area (Å²) in [5.41, 5.74) is 0.399. The van der Waals surface area contributed by atoms with Crippen molar-refractivity contribution in [2.75, 3.05) is 11.4 Å². The van der Waals surface area contributed by atoms with Crippen LogP contribution >= 0.6 is 0 Å². The zero-order chi connectivity index (χ0) is 15.6. The number of anilines is 1. The first-order valence-electron chi connectivity index (χ1n) is 6.08. The van der Waals surface area contributed by atoms with E-state index in [0.29, 0.717) is 5.56 Å². The number of carbonyl (C=O) groups is 1. The second-order valence-corrected chi connectivity index (χ2v) is 6.38. The summed E-state index contributed by atoms with van der Waals surface area (Å²) in [4.78, 5) is 15.0. The van der Waals surface area contributed by atoms with Crippen LogP contribution < -0.4 is 4.31 Å². The molecule has 1 heterocycles. The van der Waals surface area contributed by atoms with Crippen LogP contribution in [-0.4, -0.2) is 31.5 Å². The molecule has 0 amide bonds. The third-order valence-corrected chi connectivity index (χ3v) is 4.95. The fourth-order valence-corrected chi connectivity index (χ4v) is 3.22. The number of carboxylic acids is 1. The van der Waals surface area contributed by atoms with Gasteiger partial charge in [0, 0.05) is 13.2 Å². The summed E-state index contributed by atoms with van der Waals surface area (Å²) in [6.07, 6.45) is 1.49. The molecule has 0 unspecified atom stereocenters. The Hall–Kier alpha value is -2.41. The Bertz CT molecular complexity index is 773. The smallest absolute Gasteiger partial charge is 0.335 e. The van der Waals surface area contributed by atoms with Gasteiger partial charge in [0.15, 0.2) is 0 Å². The Labute approximate surface area is 122 Å². The molecule has 0 bridgehead atoms. The van der Waals surface area contributed by atoms with Gasteiger partial charge in [-0.05, 0) is 36.8 Å². The number of aryl methyl sites for hydroxylation is 1. The first-order valence-corrected chi connectivity index (χ1v) is 7.52. The maximum absolute atomic E-state index is 12.6. The van der Waals surface area contributed by atoms with Crippen molar-refractivity contribution < 1.29 is 18.3 Å². The molecule has 1 aromatic heterocycles. The largest absolute Gasteiger partial charge is 0.478 e. The minimum atomic E-state index is -3.87. The van der Waals surface area contributed by atoms with Crippen LogP contribution in [0, 0.1) is 6.92 Å². The Morgan fingerprint density at radius 2 is 1.95 bits per heavy atom. The number of rotatable bonds is 4. The number of aromatic nitrogens is 1. The quantitative estimate of drug-likeness (QED) is 0.932. The van der Waals surface area contributed by atoms with Crippen LogP contribution in [0.25, 0.3) is 0 Å². The van der Waals surface area contributed by atoms with E-state index in [4.69, 9.17) is 5.11 Å². The summed E-state index contributed by atoms with van der Waals surface area (Å²) in [7, 11) is -2.49. The summed E-state index contributed by atoms with van der Waals surface area (Å²) in [6, 6.07) is 8.93. The third-order valence-electron chi connectivity index (χ3n) is 3.05. The van der Waals surface area contributed by atoms with Gasteiger partial charge in [-0.15, -0.1) is 0 Å². The Morgan fingerprint density at radius 1 is 1.24 bits per heavy atom. The second kappa shape index (κ2) is 5.53. The molecule has 0 radical (unpaired) electrons. The van der Waals surface area contributed by atoms with Gasteiger partial charge in [0.1, 0.15) is 5.82 Å². The molecule has 0 aliphatic carbocycles. The summed E-state index contributed by atoms with van der Waals surface area (Å²) >= 11 is 0. The zero-order valence-electron chi connectivity index (χ0n) is 11.5. The van der Waals surface area contributed by atoms with E-state index in [1.807, 2.05) is 0 Å². The lowest BCUT2D eigenvalue weighted by Crippen LogP contribution is -2.28. The minimum Gasteiger partial charge on any atom is -0.478 e. The van der Waals surface area contributed by atoms with Gasteiger partial charge in [-0.25, -0.2) is 18.2 Å². The van der Waals surface area contributed by atoms with E-state index >= 15 is 0 Å². The van der Waals surface area contributed by atoms with Gasteiger partial charge in [0.05, 0.1) is 10.5 Å². The number of nitrogens with zero attached hydrogens (tertiary/aromatic N) is 2. The summed E-state index contributed by atoms with van der Waals surface area (Å²) in [5.74, 6) is -0.912. The second-order valence-electron chi connectivity index (χ2n) is 4.45. The molecule has 6 nitrogen and oxygen atoms in total. The molecule has 0 aliphatic rings. The third kappa shape index (κ3) is 2.87. The number of hydrogen-bond acceptors (Lipinski definition) is 4. The van der Waals surface area contributed by atoms with Crippen molar-refractivity contribution in [3.8, 4) is 0 Å². The highest BCUT2D eigenvalue weighted by atomic mass is 32.2. The number of benzene rings is 1. The normalized spacial score (nSPS) is 11.1. The highest BCUT2D eigenvalue weighted by molar-refractivity contribution is 7.92. The van der Waals surface area contributed by atoms with Crippen molar-refractivity contribution >= 4 is 21.8 Å². The van der Waals surface area contributed by atoms with Crippen LogP contribution in [-0.2, 0) is 10.0 Å². The standard InChI is InChI=1S/C14H14N2O4S/c1-10-6-7-11(14(17)18)9-12(10)21(19,20)16(2)13-5-3-4-8-15-13/h3-9H,1-2H3,(H,17,18). The van der Waals surface area contributed by atoms with Crippen LogP contribution in [0.1, 0.15) is 15.9 Å². The van der Waals surface area contributed by atoms with E-state index in [1.165, 1.54) is 25.4 Å². The van der Waals surface area contributed by atoms with E-state index in [-0.39, 0.29) is 16.3 Å². The average molecular weight is 306 g/mol. The van der Waals surface area contributed by atoms with Gasteiger partial charge in [0.25, 0.3) is 10.0 Å². The van der Waals surface area contributed by atoms with Crippen LogP contribution in [0.4, 0.5) is 5.82 Å². The van der Waals surface area contributed by atoms with Gasteiger partial charge in [-0.2, -0.15) is 0 Å². The first-order chi connectivity index (χ1) is 9.84. The molecule has 1 N–H and O–H groups in total. The lowest BCUT2D eigenvalue weighted by atomic mass is 10.1. The average Bonchev–Trinajstić information content (AvgIpc) is 2.47. The van der Waals surface area contributed by atoms with Crippen molar-refractivity contribution in [2.24, 2.45) is 0 Å². The van der Waals surface area contributed by atoms with Crippen LogP contribution in [0.2, 0.25) is 0 Å². The van der Waals surface area contributed by atoms with Crippen LogP contribution in [0.3, 0.4) is 0 Å². The van der Waals surface area contributed by atoms with Crippen molar-refractivity contribution in [2.45, 2.75) is 11.8 Å². The first kappa shape index (κ1) is 15.0. The molecule has 0 saturated carbocycles. The van der Waals surface area contributed by atoms with E-state index in [9.17, 15) is 13.2 Å². The molecule has 1 aromatic carbocycles. The van der Waals surface area contributed by atoms with Crippen molar-refractivity contribution in [3.63, 3.8) is 0 Å². The Kier molecular flexibility index (Phi) is 3.95.